The van der Waals surface area contributed by atoms with E-state index in [-0.39, 0.29) is 6.09 Å². The molecule has 0 atom stereocenters. The normalized spacial score (nSPS) is 16.0. The molecule has 0 unspecified atom stereocenters. The van der Waals surface area contributed by atoms with Crippen molar-refractivity contribution in [1.82, 2.24) is 4.90 Å². The van der Waals surface area contributed by atoms with Crippen molar-refractivity contribution in [3.63, 3.8) is 0 Å². The molecule has 2 N–H and O–H groups in total. The van der Waals surface area contributed by atoms with Gasteiger partial charge in [0.2, 0.25) is 0 Å². The fourth-order valence-electron chi connectivity index (χ4n) is 2.62. The van der Waals surface area contributed by atoms with Crippen molar-refractivity contribution in [2.45, 2.75) is 32.8 Å². The Morgan fingerprint density at radius 2 is 1.91 bits per heavy atom. The minimum Gasteiger partial charge on any atom is -0.495 e. The monoisotopic (exact) mass is 321 g/mol. The molecule has 1 aliphatic rings. The summed E-state index contributed by atoms with van der Waals surface area (Å²) in [4.78, 5) is 16.2. The van der Waals surface area contributed by atoms with Crippen LogP contribution < -0.4 is 15.4 Å². The van der Waals surface area contributed by atoms with Crippen LogP contribution in [0, 0.1) is 0 Å². The largest absolute Gasteiger partial charge is 0.495 e. The highest BCUT2D eigenvalue weighted by molar-refractivity contribution is 5.69. The Balaban J connectivity index is 2.07. The molecule has 0 bridgehead atoms. The van der Waals surface area contributed by atoms with Gasteiger partial charge in [0, 0.05) is 31.9 Å². The van der Waals surface area contributed by atoms with E-state index < -0.39 is 5.60 Å². The fraction of sp³-hybridized carbons (Fsp3) is 0.588. The van der Waals surface area contributed by atoms with Crippen molar-refractivity contribution >= 4 is 17.5 Å². The third kappa shape index (κ3) is 4.68. The molecule has 0 aliphatic carbocycles. The average Bonchev–Trinajstić information content (AvgIpc) is 2.71. The first-order valence-electron chi connectivity index (χ1n) is 7.96. The summed E-state index contributed by atoms with van der Waals surface area (Å²) in [5, 5.41) is 0. The summed E-state index contributed by atoms with van der Waals surface area (Å²) < 4.78 is 10.9. The lowest BCUT2D eigenvalue weighted by molar-refractivity contribution is 0.0263. The third-order valence-electron chi connectivity index (χ3n) is 3.69. The number of nitrogen functional groups attached to an aromatic ring is 1. The number of carbonyl (C=O) groups excluding carboxylic acids is 1. The summed E-state index contributed by atoms with van der Waals surface area (Å²) in [5.74, 6) is 0.796. The molecule has 6 nitrogen and oxygen atoms in total. The van der Waals surface area contributed by atoms with E-state index in [1.807, 2.05) is 39.0 Å². The van der Waals surface area contributed by atoms with E-state index >= 15 is 0 Å². The molecule has 1 fully saturated rings. The predicted octanol–water partition coefficient (Wildman–Crippen LogP) is 2.72. The van der Waals surface area contributed by atoms with Gasteiger partial charge < -0.3 is 25.0 Å². The van der Waals surface area contributed by atoms with E-state index in [0.29, 0.717) is 18.8 Å². The minimum atomic E-state index is -0.472. The van der Waals surface area contributed by atoms with Gasteiger partial charge in [0.1, 0.15) is 11.4 Å². The number of nitrogens with two attached hydrogens (primary N) is 1. The molecule has 0 aromatic heterocycles. The minimum absolute atomic E-state index is 0.251. The zero-order valence-corrected chi connectivity index (χ0v) is 14.5. The second kappa shape index (κ2) is 6.98. The maximum atomic E-state index is 12.2. The molecule has 1 aromatic rings. The maximum absolute atomic E-state index is 12.2. The molecule has 23 heavy (non-hydrogen) atoms. The van der Waals surface area contributed by atoms with E-state index in [9.17, 15) is 4.79 Å². The van der Waals surface area contributed by atoms with Gasteiger partial charge in [0.25, 0.3) is 0 Å². The molecular weight excluding hydrogens is 294 g/mol. The second-order valence-corrected chi connectivity index (χ2v) is 6.74. The molecule has 1 amide bonds. The van der Waals surface area contributed by atoms with Gasteiger partial charge in [0.05, 0.1) is 12.8 Å². The van der Waals surface area contributed by atoms with Crippen LogP contribution in [0.2, 0.25) is 0 Å². The van der Waals surface area contributed by atoms with Crippen molar-refractivity contribution in [3.8, 4) is 5.75 Å². The number of anilines is 2. The number of carbonyl (C=O) groups is 1. The number of benzene rings is 1. The van der Waals surface area contributed by atoms with Gasteiger partial charge in [-0.3, -0.25) is 0 Å². The fourth-order valence-corrected chi connectivity index (χ4v) is 2.62. The first kappa shape index (κ1) is 17.2. The molecule has 0 saturated carbocycles. The van der Waals surface area contributed by atoms with Gasteiger partial charge in [-0.1, -0.05) is 0 Å². The van der Waals surface area contributed by atoms with Crippen LogP contribution >= 0.6 is 0 Å². The second-order valence-electron chi connectivity index (χ2n) is 6.74. The molecule has 1 aliphatic heterocycles. The smallest absolute Gasteiger partial charge is 0.410 e. The SMILES string of the molecule is COc1ccc(N)cc1N1CCCN(C(=O)OC(C)(C)C)CC1. The molecule has 1 saturated heterocycles. The zero-order valence-electron chi connectivity index (χ0n) is 14.5. The zero-order chi connectivity index (χ0) is 17.0. The van der Waals surface area contributed by atoms with Crippen molar-refractivity contribution in [3.05, 3.63) is 18.2 Å². The van der Waals surface area contributed by atoms with E-state index in [2.05, 4.69) is 4.90 Å². The number of nitrogens with zero attached hydrogens (tertiary/aromatic N) is 2. The average molecular weight is 321 g/mol. The summed E-state index contributed by atoms with van der Waals surface area (Å²) in [6.07, 6.45) is 0.621. The Morgan fingerprint density at radius 1 is 1.17 bits per heavy atom. The number of amides is 1. The summed E-state index contributed by atoms with van der Waals surface area (Å²) in [6, 6.07) is 5.62. The molecule has 0 spiro atoms. The Hall–Kier alpha value is -2.11. The van der Waals surface area contributed by atoms with Crippen LogP contribution in [0.15, 0.2) is 18.2 Å². The number of rotatable bonds is 2. The number of ether oxygens (including phenoxy) is 2. The first-order chi connectivity index (χ1) is 10.8. The van der Waals surface area contributed by atoms with Gasteiger partial charge in [-0.25, -0.2) is 4.79 Å². The topological polar surface area (TPSA) is 68.0 Å². The van der Waals surface area contributed by atoms with Gasteiger partial charge in [0.15, 0.2) is 0 Å². The quantitative estimate of drug-likeness (QED) is 0.848. The van der Waals surface area contributed by atoms with Crippen LogP contribution in [-0.4, -0.2) is 49.9 Å². The Bertz CT molecular complexity index is 555. The summed E-state index contributed by atoms with van der Waals surface area (Å²) >= 11 is 0. The van der Waals surface area contributed by atoms with E-state index in [0.717, 1.165) is 30.9 Å². The number of hydrogen-bond donors (Lipinski definition) is 1. The molecular formula is C17H27N3O3. The third-order valence-corrected chi connectivity index (χ3v) is 3.69. The maximum Gasteiger partial charge on any atom is 0.410 e. The van der Waals surface area contributed by atoms with Crippen molar-refractivity contribution in [1.29, 1.82) is 0 Å². The van der Waals surface area contributed by atoms with Crippen LogP contribution in [0.5, 0.6) is 5.75 Å². The van der Waals surface area contributed by atoms with Gasteiger partial charge in [-0.15, -0.1) is 0 Å². The van der Waals surface area contributed by atoms with Gasteiger partial charge in [-0.05, 0) is 45.4 Å². The standard InChI is InChI=1S/C17H27N3O3/c1-17(2,3)23-16(21)20-9-5-8-19(10-11-20)14-12-13(18)6-7-15(14)22-4/h6-7,12H,5,8-11,18H2,1-4H3. The van der Waals surface area contributed by atoms with Crippen molar-refractivity contribution in [2.75, 3.05) is 43.9 Å². The summed E-state index contributed by atoms with van der Waals surface area (Å²) in [6.45, 7) is 8.52. The lowest BCUT2D eigenvalue weighted by Gasteiger charge is -2.27. The van der Waals surface area contributed by atoms with Crippen LogP contribution in [-0.2, 0) is 4.74 Å². The van der Waals surface area contributed by atoms with Crippen LogP contribution in [0.1, 0.15) is 27.2 Å². The molecule has 6 heteroatoms. The highest BCUT2D eigenvalue weighted by Gasteiger charge is 2.25. The van der Waals surface area contributed by atoms with Crippen molar-refractivity contribution in [2.24, 2.45) is 0 Å². The number of hydrogen-bond acceptors (Lipinski definition) is 5. The molecule has 1 aromatic carbocycles. The highest BCUT2D eigenvalue weighted by Crippen LogP contribution is 2.31. The lowest BCUT2D eigenvalue weighted by atomic mass is 10.2. The predicted molar refractivity (Wildman–Crippen MR) is 92.0 cm³/mol. The Morgan fingerprint density at radius 3 is 2.57 bits per heavy atom. The molecule has 0 radical (unpaired) electrons. The molecule has 1 heterocycles. The van der Waals surface area contributed by atoms with Gasteiger partial charge >= 0.3 is 6.09 Å². The van der Waals surface area contributed by atoms with Crippen LogP contribution in [0.3, 0.4) is 0 Å². The lowest BCUT2D eigenvalue weighted by Crippen LogP contribution is -2.39. The Kier molecular flexibility index (Phi) is 5.23. The first-order valence-corrected chi connectivity index (χ1v) is 7.96. The van der Waals surface area contributed by atoms with E-state index in [1.165, 1.54) is 0 Å². The van der Waals surface area contributed by atoms with Crippen molar-refractivity contribution < 1.29 is 14.3 Å². The summed E-state index contributed by atoms with van der Waals surface area (Å²) in [7, 11) is 1.65. The molecule has 128 valence electrons. The summed E-state index contributed by atoms with van der Waals surface area (Å²) in [5.41, 5.74) is 7.11. The molecule has 2 rings (SSSR count). The van der Waals surface area contributed by atoms with E-state index in [4.69, 9.17) is 15.2 Å². The Labute approximate surface area is 138 Å². The van der Waals surface area contributed by atoms with E-state index in [1.54, 1.807) is 12.0 Å². The van der Waals surface area contributed by atoms with Crippen LogP contribution in [0.4, 0.5) is 16.2 Å². The van der Waals surface area contributed by atoms with Crippen LogP contribution in [0.25, 0.3) is 0 Å². The number of methoxy groups -OCH3 is 1. The van der Waals surface area contributed by atoms with Gasteiger partial charge in [-0.2, -0.15) is 0 Å². The highest BCUT2D eigenvalue weighted by atomic mass is 16.6.